The van der Waals surface area contributed by atoms with Crippen molar-refractivity contribution in [3.63, 3.8) is 0 Å². The Kier molecular flexibility index (Phi) is 5.74. The van der Waals surface area contributed by atoms with E-state index in [1.54, 1.807) is 18.2 Å². The summed E-state index contributed by atoms with van der Waals surface area (Å²) in [6.45, 7) is 3.98. The Morgan fingerprint density at radius 3 is 2.24 bits per heavy atom. The maximum atomic E-state index is 10.1. The number of aliphatic hydroxyl groups excluding tert-OH is 2. The molecule has 1 rings (SSSR count). The molecule has 2 unspecified atom stereocenters. The Morgan fingerprint density at radius 2 is 1.71 bits per heavy atom. The fourth-order valence-corrected chi connectivity index (χ4v) is 2.36. The van der Waals surface area contributed by atoms with Crippen LogP contribution in [0.3, 0.4) is 0 Å². The van der Waals surface area contributed by atoms with Crippen molar-refractivity contribution < 1.29 is 10.2 Å². The van der Waals surface area contributed by atoms with Gasteiger partial charge >= 0.3 is 0 Å². The summed E-state index contributed by atoms with van der Waals surface area (Å²) in [6, 6.07) is 4.88. The van der Waals surface area contributed by atoms with Crippen LogP contribution in [0.25, 0.3) is 0 Å². The first-order chi connectivity index (χ1) is 8.01. The molecular weight excluding hydrogens is 259 g/mol. The van der Waals surface area contributed by atoms with Crippen LogP contribution in [0.4, 0.5) is 0 Å². The highest BCUT2D eigenvalue weighted by Crippen LogP contribution is 2.32. The van der Waals surface area contributed by atoms with E-state index >= 15 is 0 Å². The van der Waals surface area contributed by atoms with E-state index in [0.717, 1.165) is 12.8 Å². The summed E-state index contributed by atoms with van der Waals surface area (Å²) in [5.74, 6) is 0.0556. The second kappa shape index (κ2) is 6.60. The molecular formula is C13H18Cl2O2. The molecule has 0 amide bonds. The van der Waals surface area contributed by atoms with E-state index in [4.69, 9.17) is 23.2 Å². The van der Waals surface area contributed by atoms with E-state index in [9.17, 15) is 10.2 Å². The first-order valence-electron chi connectivity index (χ1n) is 5.82. The van der Waals surface area contributed by atoms with Gasteiger partial charge in [0.1, 0.15) is 6.10 Å². The standard InChI is InChI=1S/C13H18Cl2O2/c1-3-8(4-2)12(16)13(17)10-7-9(14)5-6-11(10)15/h5-8,12-13,16-17H,3-4H2,1-2H3. The maximum Gasteiger partial charge on any atom is 0.107 e. The first kappa shape index (κ1) is 14.8. The van der Waals surface area contributed by atoms with Crippen LogP contribution in [0.2, 0.25) is 10.0 Å². The molecule has 0 fully saturated rings. The van der Waals surface area contributed by atoms with E-state index in [2.05, 4.69) is 0 Å². The van der Waals surface area contributed by atoms with Crippen LogP contribution in [-0.2, 0) is 0 Å². The summed E-state index contributed by atoms with van der Waals surface area (Å²) in [5, 5.41) is 21.2. The summed E-state index contributed by atoms with van der Waals surface area (Å²) < 4.78 is 0. The zero-order valence-corrected chi connectivity index (χ0v) is 11.5. The molecule has 2 N–H and O–H groups in total. The van der Waals surface area contributed by atoms with Gasteiger partial charge in [-0.15, -0.1) is 0 Å². The maximum absolute atomic E-state index is 10.1. The Balaban J connectivity index is 2.94. The van der Waals surface area contributed by atoms with Gasteiger partial charge in [-0.2, -0.15) is 0 Å². The van der Waals surface area contributed by atoms with Crippen LogP contribution < -0.4 is 0 Å². The van der Waals surface area contributed by atoms with Crippen molar-refractivity contribution in [1.29, 1.82) is 0 Å². The Labute approximate surface area is 112 Å². The van der Waals surface area contributed by atoms with Crippen molar-refractivity contribution >= 4 is 23.2 Å². The number of rotatable bonds is 5. The van der Waals surface area contributed by atoms with Crippen molar-refractivity contribution in [3.05, 3.63) is 33.8 Å². The van der Waals surface area contributed by atoms with Crippen LogP contribution in [-0.4, -0.2) is 16.3 Å². The van der Waals surface area contributed by atoms with Gasteiger partial charge in [-0.3, -0.25) is 0 Å². The van der Waals surface area contributed by atoms with Crippen LogP contribution in [0.1, 0.15) is 38.4 Å². The lowest BCUT2D eigenvalue weighted by atomic mass is 9.90. The summed E-state index contributed by atoms with van der Waals surface area (Å²) >= 11 is 11.9. The molecule has 4 heteroatoms. The minimum atomic E-state index is -0.994. The third kappa shape index (κ3) is 3.59. The van der Waals surface area contributed by atoms with Crippen LogP contribution in [0.15, 0.2) is 18.2 Å². The number of benzene rings is 1. The van der Waals surface area contributed by atoms with Crippen molar-refractivity contribution in [2.75, 3.05) is 0 Å². The van der Waals surface area contributed by atoms with Gasteiger partial charge in [0.2, 0.25) is 0 Å². The predicted octanol–water partition coefficient (Wildman–Crippen LogP) is 3.82. The van der Waals surface area contributed by atoms with E-state index in [1.165, 1.54) is 0 Å². The molecule has 0 aliphatic rings. The quantitative estimate of drug-likeness (QED) is 0.858. The summed E-state index contributed by atoms with van der Waals surface area (Å²) in [4.78, 5) is 0. The smallest absolute Gasteiger partial charge is 0.107 e. The molecule has 96 valence electrons. The van der Waals surface area contributed by atoms with Crippen LogP contribution in [0, 0.1) is 5.92 Å². The van der Waals surface area contributed by atoms with Gasteiger partial charge in [0.15, 0.2) is 0 Å². The van der Waals surface area contributed by atoms with E-state index in [1.807, 2.05) is 13.8 Å². The second-order valence-corrected chi connectivity index (χ2v) is 5.02. The summed E-state index contributed by atoms with van der Waals surface area (Å²) in [7, 11) is 0. The van der Waals surface area contributed by atoms with Crippen molar-refractivity contribution in [1.82, 2.24) is 0 Å². The average molecular weight is 277 g/mol. The van der Waals surface area contributed by atoms with E-state index in [-0.39, 0.29) is 5.92 Å². The average Bonchev–Trinajstić information content (AvgIpc) is 2.32. The molecule has 1 aromatic rings. The molecule has 0 bridgehead atoms. The first-order valence-corrected chi connectivity index (χ1v) is 6.57. The zero-order chi connectivity index (χ0) is 13.0. The third-order valence-corrected chi connectivity index (χ3v) is 3.71. The number of hydrogen-bond donors (Lipinski definition) is 2. The lowest BCUT2D eigenvalue weighted by Crippen LogP contribution is -2.27. The Bertz CT molecular complexity index is 364. The second-order valence-electron chi connectivity index (χ2n) is 4.18. The summed E-state index contributed by atoms with van der Waals surface area (Å²) in [6.07, 6.45) is -0.188. The molecule has 0 spiro atoms. The van der Waals surface area contributed by atoms with Gasteiger partial charge in [-0.1, -0.05) is 49.9 Å². The van der Waals surface area contributed by atoms with E-state index in [0.29, 0.717) is 15.6 Å². The normalized spacial score (nSPS) is 15.0. The van der Waals surface area contributed by atoms with Gasteiger partial charge in [0, 0.05) is 15.6 Å². The lowest BCUT2D eigenvalue weighted by Gasteiger charge is -2.26. The molecule has 0 heterocycles. The van der Waals surface area contributed by atoms with Crippen LogP contribution in [0.5, 0.6) is 0 Å². The fraction of sp³-hybridized carbons (Fsp3) is 0.538. The molecule has 0 aromatic heterocycles. The molecule has 17 heavy (non-hydrogen) atoms. The highest BCUT2D eigenvalue weighted by Gasteiger charge is 2.26. The molecule has 0 aliphatic carbocycles. The Morgan fingerprint density at radius 1 is 1.12 bits per heavy atom. The van der Waals surface area contributed by atoms with Crippen molar-refractivity contribution in [2.45, 2.75) is 38.9 Å². The van der Waals surface area contributed by atoms with Crippen molar-refractivity contribution in [3.8, 4) is 0 Å². The van der Waals surface area contributed by atoms with Gasteiger partial charge in [-0.05, 0) is 24.1 Å². The molecule has 2 nitrogen and oxygen atoms in total. The SMILES string of the molecule is CCC(CC)C(O)C(O)c1cc(Cl)ccc1Cl. The zero-order valence-electron chi connectivity index (χ0n) is 10.0. The molecule has 0 radical (unpaired) electrons. The molecule has 0 saturated heterocycles. The minimum absolute atomic E-state index is 0.0556. The number of aliphatic hydroxyl groups is 2. The Hall–Kier alpha value is -0.280. The van der Waals surface area contributed by atoms with Gasteiger partial charge in [-0.25, -0.2) is 0 Å². The third-order valence-electron chi connectivity index (χ3n) is 3.13. The van der Waals surface area contributed by atoms with Gasteiger partial charge in [0.05, 0.1) is 6.10 Å². The lowest BCUT2D eigenvalue weighted by molar-refractivity contribution is -0.0209. The largest absolute Gasteiger partial charge is 0.390 e. The highest BCUT2D eigenvalue weighted by molar-refractivity contribution is 6.33. The van der Waals surface area contributed by atoms with E-state index < -0.39 is 12.2 Å². The molecule has 2 atom stereocenters. The number of halogens is 2. The van der Waals surface area contributed by atoms with Gasteiger partial charge in [0.25, 0.3) is 0 Å². The predicted molar refractivity (Wildman–Crippen MR) is 71.5 cm³/mol. The fourth-order valence-electron chi connectivity index (χ4n) is 1.95. The monoisotopic (exact) mass is 276 g/mol. The number of hydrogen-bond acceptors (Lipinski definition) is 2. The summed E-state index contributed by atoms with van der Waals surface area (Å²) in [5.41, 5.74) is 0.485. The highest BCUT2D eigenvalue weighted by atomic mass is 35.5. The van der Waals surface area contributed by atoms with Gasteiger partial charge < -0.3 is 10.2 Å². The minimum Gasteiger partial charge on any atom is -0.390 e. The molecule has 1 aromatic carbocycles. The van der Waals surface area contributed by atoms with Crippen molar-refractivity contribution in [2.24, 2.45) is 5.92 Å². The molecule has 0 aliphatic heterocycles. The molecule has 0 saturated carbocycles. The van der Waals surface area contributed by atoms with Crippen LogP contribution >= 0.6 is 23.2 Å². The topological polar surface area (TPSA) is 40.5 Å².